The highest BCUT2D eigenvalue weighted by molar-refractivity contribution is 9.10. The molecule has 0 bridgehead atoms. The van der Waals surface area contributed by atoms with Crippen LogP contribution in [0.4, 0.5) is 5.69 Å². The highest BCUT2D eigenvalue weighted by Gasteiger charge is 2.07. The predicted molar refractivity (Wildman–Crippen MR) is 75.5 cm³/mol. The van der Waals surface area contributed by atoms with Crippen LogP contribution < -0.4 is 21.7 Å². The van der Waals surface area contributed by atoms with Crippen LogP contribution in [0.2, 0.25) is 0 Å². The van der Waals surface area contributed by atoms with Crippen molar-refractivity contribution in [1.29, 1.82) is 0 Å². The minimum absolute atomic E-state index is 0.275. The number of nitrogens with two attached hydrogens (primary N) is 1. The number of anilines is 1. The predicted octanol–water partition coefficient (Wildman–Crippen LogP) is 0.938. The molecule has 6 nitrogen and oxygen atoms in total. The average molecular weight is 326 g/mol. The molecule has 3 N–H and O–H groups in total. The zero-order valence-electron chi connectivity index (χ0n) is 10.1. The lowest BCUT2D eigenvalue weighted by Crippen LogP contribution is -2.30. The van der Waals surface area contributed by atoms with E-state index in [0.29, 0.717) is 15.9 Å². The molecule has 0 aliphatic rings. The number of ether oxygens (including phenoxy) is 1. The summed E-state index contributed by atoms with van der Waals surface area (Å²) in [5.74, 6) is 0.592. The number of benzene rings is 1. The van der Waals surface area contributed by atoms with Crippen LogP contribution >= 0.6 is 15.9 Å². The highest BCUT2D eigenvalue weighted by Crippen LogP contribution is 2.22. The average Bonchev–Trinajstić information content (AvgIpc) is 2.37. The van der Waals surface area contributed by atoms with Crippen molar-refractivity contribution in [2.24, 2.45) is 0 Å². The minimum Gasteiger partial charge on any atom is -0.496 e. The SMILES string of the molecule is COc1cc(N)ccc1Cn1cc(Br)c(=O)[nH]c1=O. The number of hydrogen-bond donors (Lipinski definition) is 2. The van der Waals surface area contributed by atoms with Gasteiger partial charge >= 0.3 is 5.69 Å². The van der Waals surface area contributed by atoms with E-state index in [1.54, 1.807) is 18.2 Å². The summed E-state index contributed by atoms with van der Waals surface area (Å²) < 4.78 is 6.88. The van der Waals surface area contributed by atoms with Gasteiger partial charge in [-0.25, -0.2) is 4.79 Å². The Morgan fingerprint density at radius 2 is 2.16 bits per heavy atom. The van der Waals surface area contributed by atoms with Crippen molar-refractivity contribution >= 4 is 21.6 Å². The maximum Gasteiger partial charge on any atom is 0.328 e. The second-order valence-corrected chi connectivity index (χ2v) is 4.79. The Kier molecular flexibility index (Phi) is 3.75. The molecule has 0 saturated heterocycles. The maximum atomic E-state index is 11.7. The number of rotatable bonds is 3. The summed E-state index contributed by atoms with van der Waals surface area (Å²) >= 11 is 3.09. The summed E-state index contributed by atoms with van der Waals surface area (Å²) in [6, 6.07) is 5.18. The molecule has 1 aromatic carbocycles. The third-order valence-corrected chi connectivity index (χ3v) is 3.18. The van der Waals surface area contributed by atoms with Gasteiger partial charge in [0.25, 0.3) is 5.56 Å². The quantitative estimate of drug-likeness (QED) is 0.822. The van der Waals surface area contributed by atoms with Crippen molar-refractivity contribution in [2.45, 2.75) is 6.54 Å². The summed E-state index contributed by atoms with van der Waals surface area (Å²) in [5.41, 5.74) is 6.10. The van der Waals surface area contributed by atoms with E-state index >= 15 is 0 Å². The summed E-state index contributed by atoms with van der Waals surface area (Å²) in [6.07, 6.45) is 1.44. The first kappa shape index (κ1) is 13.4. The molecular weight excluding hydrogens is 314 g/mol. The van der Waals surface area contributed by atoms with E-state index in [1.165, 1.54) is 17.9 Å². The summed E-state index contributed by atoms with van der Waals surface area (Å²) in [5, 5.41) is 0. The van der Waals surface area contributed by atoms with Crippen LogP contribution in [0.25, 0.3) is 0 Å². The molecular formula is C12H12BrN3O3. The Balaban J connectivity index is 2.44. The molecule has 19 heavy (non-hydrogen) atoms. The van der Waals surface area contributed by atoms with Crippen LogP contribution in [-0.2, 0) is 6.54 Å². The first-order valence-electron chi connectivity index (χ1n) is 5.43. The van der Waals surface area contributed by atoms with Crippen molar-refractivity contribution in [3.63, 3.8) is 0 Å². The number of nitrogens with one attached hydrogen (secondary N) is 1. The van der Waals surface area contributed by atoms with Gasteiger partial charge in [-0.05, 0) is 22.0 Å². The summed E-state index contributed by atoms with van der Waals surface area (Å²) in [6.45, 7) is 0.275. The second-order valence-electron chi connectivity index (χ2n) is 3.94. The fourth-order valence-corrected chi connectivity index (χ4v) is 2.02. The number of nitrogen functional groups attached to an aromatic ring is 1. The second kappa shape index (κ2) is 5.31. The molecule has 2 rings (SSSR count). The lowest BCUT2D eigenvalue weighted by atomic mass is 10.2. The lowest BCUT2D eigenvalue weighted by molar-refractivity contribution is 0.408. The van der Waals surface area contributed by atoms with Crippen LogP contribution in [-0.4, -0.2) is 16.7 Å². The largest absolute Gasteiger partial charge is 0.496 e. The number of methoxy groups -OCH3 is 1. The van der Waals surface area contributed by atoms with Gasteiger partial charge in [-0.3, -0.25) is 14.3 Å². The first-order valence-corrected chi connectivity index (χ1v) is 6.22. The van der Waals surface area contributed by atoms with Crippen molar-refractivity contribution in [2.75, 3.05) is 12.8 Å². The molecule has 1 heterocycles. The molecule has 0 spiro atoms. The van der Waals surface area contributed by atoms with Crippen LogP contribution in [0.1, 0.15) is 5.56 Å². The fourth-order valence-electron chi connectivity index (χ4n) is 1.68. The first-order chi connectivity index (χ1) is 9.01. The van der Waals surface area contributed by atoms with E-state index in [1.807, 2.05) is 0 Å². The van der Waals surface area contributed by atoms with Gasteiger partial charge in [0, 0.05) is 23.5 Å². The van der Waals surface area contributed by atoms with E-state index in [0.717, 1.165) is 5.56 Å². The fraction of sp³-hybridized carbons (Fsp3) is 0.167. The van der Waals surface area contributed by atoms with Crippen LogP contribution in [0.5, 0.6) is 5.75 Å². The Morgan fingerprint density at radius 1 is 1.42 bits per heavy atom. The lowest BCUT2D eigenvalue weighted by Gasteiger charge is -2.11. The smallest absolute Gasteiger partial charge is 0.328 e. The van der Waals surface area contributed by atoms with Gasteiger partial charge in [0.15, 0.2) is 0 Å². The number of hydrogen-bond acceptors (Lipinski definition) is 4. The van der Waals surface area contributed by atoms with E-state index in [-0.39, 0.29) is 6.54 Å². The molecule has 0 aliphatic carbocycles. The Hall–Kier alpha value is -2.02. The van der Waals surface area contributed by atoms with Crippen molar-refractivity contribution < 1.29 is 4.74 Å². The normalized spacial score (nSPS) is 10.4. The molecule has 100 valence electrons. The highest BCUT2D eigenvalue weighted by atomic mass is 79.9. The third-order valence-electron chi connectivity index (χ3n) is 2.62. The molecule has 0 amide bonds. The number of aromatic amines is 1. The van der Waals surface area contributed by atoms with Gasteiger partial charge in [0.05, 0.1) is 18.1 Å². The monoisotopic (exact) mass is 325 g/mol. The molecule has 1 aromatic heterocycles. The number of nitrogens with zero attached hydrogens (tertiary/aromatic N) is 1. The van der Waals surface area contributed by atoms with Crippen LogP contribution in [0, 0.1) is 0 Å². The van der Waals surface area contributed by atoms with E-state index in [2.05, 4.69) is 20.9 Å². The zero-order chi connectivity index (χ0) is 14.0. The Morgan fingerprint density at radius 3 is 2.84 bits per heavy atom. The van der Waals surface area contributed by atoms with Gasteiger partial charge in [-0.15, -0.1) is 0 Å². The third kappa shape index (κ3) is 2.87. The maximum absolute atomic E-state index is 11.7. The Bertz CT molecular complexity index is 721. The van der Waals surface area contributed by atoms with Crippen LogP contribution in [0.15, 0.2) is 38.5 Å². The van der Waals surface area contributed by atoms with Gasteiger partial charge < -0.3 is 10.5 Å². The van der Waals surface area contributed by atoms with E-state index in [4.69, 9.17) is 10.5 Å². The van der Waals surface area contributed by atoms with Gasteiger partial charge in [0.1, 0.15) is 5.75 Å². The minimum atomic E-state index is -0.480. The molecule has 0 unspecified atom stereocenters. The Labute approximate surface area is 117 Å². The summed E-state index contributed by atoms with van der Waals surface area (Å²) in [7, 11) is 1.53. The van der Waals surface area contributed by atoms with Crippen LogP contribution in [0.3, 0.4) is 0 Å². The molecule has 2 aromatic rings. The number of halogens is 1. The molecule has 0 radical (unpaired) electrons. The number of aromatic nitrogens is 2. The topological polar surface area (TPSA) is 90.1 Å². The molecule has 0 fully saturated rings. The standard InChI is InChI=1S/C12H12BrN3O3/c1-19-10-4-8(14)3-2-7(10)5-16-6-9(13)11(17)15-12(16)18/h2-4,6H,5,14H2,1H3,(H,15,17,18). The number of H-pyrrole nitrogens is 1. The zero-order valence-corrected chi connectivity index (χ0v) is 11.7. The van der Waals surface area contributed by atoms with Gasteiger partial charge in [-0.1, -0.05) is 6.07 Å². The van der Waals surface area contributed by atoms with Crippen molar-refractivity contribution in [3.05, 3.63) is 55.3 Å². The molecule has 0 saturated carbocycles. The molecule has 0 atom stereocenters. The van der Waals surface area contributed by atoms with Gasteiger partial charge in [-0.2, -0.15) is 0 Å². The van der Waals surface area contributed by atoms with E-state index < -0.39 is 11.2 Å². The summed E-state index contributed by atoms with van der Waals surface area (Å²) in [4.78, 5) is 25.2. The molecule has 7 heteroatoms. The van der Waals surface area contributed by atoms with Crippen molar-refractivity contribution in [3.8, 4) is 5.75 Å². The molecule has 0 aliphatic heterocycles. The van der Waals surface area contributed by atoms with Crippen molar-refractivity contribution in [1.82, 2.24) is 9.55 Å². The van der Waals surface area contributed by atoms with E-state index in [9.17, 15) is 9.59 Å². The van der Waals surface area contributed by atoms with Gasteiger partial charge in [0.2, 0.25) is 0 Å².